The van der Waals surface area contributed by atoms with Crippen LogP contribution in [0.5, 0.6) is 0 Å². The number of rotatable bonds is 8. The van der Waals surface area contributed by atoms with Gasteiger partial charge in [-0.15, -0.1) is 0 Å². The molecule has 0 saturated carbocycles. The Balaban J connectivity index is 2.55. The summed E-state index contributed by atoms with van der Waals surface area (Å²) in [6, 6.07) is 0. The summed E-state index contributed by atoms with van der Waals surface area (Å²) in [5.74, 6) is -0.144. The predicted octanol–water partition coefficient (Wildman–Crippen LogP) is 1.31. The number of carbonyl (C=O) groups excluding carboxylic acids is 1. The Labute approximate surface area is 144 Å². The zero-order valence-electron chi connectivity index (χ0n) is 15.0. The minimum Gasteiger partial charge on any atom is -0.431 e. The normalized spacial score (nSPS) is 19.7. The highest BCUT2D eigenvalue weighted by molar-refractivity contribution is 7.54. The molecule has 0 spiro atoms. The van der Waals surface area contributed by atoms with Crippen molar-refractivity contribution in [1.82, 2.24) is 9.57 Å². The molecular weight excluding hydrogens is 333 g/mol. The van der Waals surface area contributed by atoms with Gasteiger partial charge in [0.2, 0.25) is 0 Å². The number of nitrogens with zero attached hydrogens (tertiary/aromatic N) is 2. The van der Waals surface area contributed by atoms with Gasteiger partial charge in [-0.05, 0) is 34.1 Å². The second kappa shape index (κ2) is 7.97. The van der Waals surface area contributed by atoms with Gasteiger partial charge in [0, 0.05) is 26.2 Å². The van der Waals surface area contributed by atoms with Crippen molar-refractivity contribution in [3.05, 3.63) is 12.8 Å². The Morgan fingerprint density at radius 2 is 1.83 bits per heavy atom. The second-order valence-electron chi connectivity index (χ2n) is 7.00. The van der Waals surface area contributed by atoms with Crippen LogP contribution in [0.3, 0.4) is 0 Å². The molecule has 0 aromatic carbocycles. The molecule has 1 unspecified atom stereocenters. The fraction of sp³-hybridized carbons (Fsp3) is 0.800. The molecule has 1 saturated heterocycles. The van der Waals surface area contributed by atoms with Gasteiger partial charge in [-0.2, -0.15) is 0 Å². The van der Waals surface area contributed by atoms with Gasteiger partial charge in [0.25, 0.3) is 5.91 Å². The summed E-state index contributed by atoms with van der Waals surface area (Å²) in [7, 11) is -3.38. The van der Waals surface area contributed by atoms with Crippen LogP contribution in [-0.2, 0) is 18.6 Å². The summed E-state index contributed by atoms with van der Waals surface area (Å²) < 4.78 is 24.2. The van der Waals surface area contributed by atoms with E-state index in [0.29, 0.717) is 32.6 Å². The molecule has 1 aliphatic heterocycles. The van der Waals surface area contributed by atoms with Gasteiger partial charge in [0.1, 0.15) is 5.60 Å². The highest BCUT2D eigenvalue weighted by Gasteiger charge is 2.38. The SMILES string of the molecule is C=COP(N)(=O)N1CCN(C(=O)C(C)(C)OCCC(C)(C)O)CC1. The summed E-state index contributed by atoms with van der Waals surface area (Å²) in [6.45, 7) is 11.9. The Hall–Kier alpha value is -0.920. The quantitative estimate of drug-likeness (QED) is 0.495. The molecule has 0 aromatic heterocycles. The molecule has 0 radical (unpaired) electrons. The van der Waals surface area contributed by atoms with Gasteiger partial charge in [-0.1, -0.05) is 6.58 Å². The molecule has 3 N–H and O–H groups in total. The third-order valence-electron chi connectivity index (χ3n) is 3.85. The summed E-state index contributed by atoms with van der Waals surface area (Å²) >= 11 is 0. The number of hydrogen-bond acceptors (Lipinski definition) is 5. The molecule has 1 rings (SSSR count). The van der Waals surface area contributed by atoms with Crippen LogP contribution in [-0.4, -0.2) is 64.6 Å². The van der Waals surface area contributed by atoms with E-state index in [1.807, 2.05) is 0 Å². The van der Waals surface area contributed by atoms with Crippen molar-refractivity contribution in [2.75, 3.05) is 32.8 Å². The van der Waals surface area contributed by atoms with E-state index in [1.54, 1.807) is 32.6 Å². The zero-order valence-corrected chi connectivity index (χ0v) is 15.9. The van der Waals surface area contributed by atoms with Gasteiger partial charge < -0.3 is 19.3 Å². The molecule has 8 nitrogen and oxygen atoms in total. The summed E-state index contributed by atoms with van der Waals surface area (Å²) in [5, 5.41) is 9.71. The monoisotopic (exact) mass is 363 g/mol. The van der Waals surface area contributed by atoms with E-state index in [-0.39, 0.29) is 12.5 Å². The average molecular weight is 363 g/mol. The van der Waals surface area contributed by atoms with Gasteiger partial charge >= 0.3 is 7.67 Å². The standard InChI is InChI=1S/C15H30N3O5P/c1-6-23-24(16,21)18-10-8-17(9-11-18)13(19)15(4,5)22-12-7-14(2,3)20/h6,20H,1,7-12H2,2-5H3,(H2,16,21). The van der Waals surface area contributed by atoms with Crippen LogP contribution in [0.2, 0.25) is 0 Å². The Kier molecular flexibility index (Phi) is 7.02. The van der Waals surface area contributed by atoms with Gasteiger partial charge in [-0.25, -0.2) is 14.7 Å². The van der Waals surface area contributed by atoms with Crippen molar-refractivity contribution < 1.29 is 23.7 Å². The maximum Gasteiger partial charge on any atom is 0.389 e. The Bertz CT molecular complexity index is 496. The van der Waals surface area contributed by atoms with E-state index in [1.165, 1.54) is 4.67 Å². The van der Waals surface area contributed by atoms with E-state index in [4.69, 9.17) is 14.8 Å². The number of aliphatic hydroxyl groups is 1. The molecule has 1 amide bonds. The first kappa shape index (κ1) is 21.1. The van der Waals surface area contributed by atoms with Crippen molar-refractivity contribution >= 4 is 13.6 Å². The molecule has 140 valence electrons. The number of carbonyl (C=O) groups is 1. The van der Waals surface area contributed by atoms with Gasteiger partial charge in [0.15, 0.2) is 0 Å². The minimum absolute atomic E-state index is 0.144. The molecule has 9 heteroatoms. The second-order valence-corrected chi connectivity index (χ2v) is 8.91. The molecule has 0 aliphatic carbocycles. The number of nitrogens with two attached hydrogens (primary N) is 1. The lowest BCUT2D eigenvalue weighted by atomic mass is 10.0. The first-order chi connectivity index (χ1) is 10.9. The van der Waals surface area contributed by atoms with E-state index in [0.717, 1.165) is 6.26 Å². The van der Waals surface area contributed by atoms with Crippen molar-refractivity contribution in [1.29, 1.82) is 0 Å². The molecule has 0 aromatic rings. The highest BCUT2D eigenvalue weighted by Crippen LogP contribution is 2.43. The predicted molar refractivity (Wildman–Crippen MR) is 92.2 cm³/mol. The van der Waals surface area contributed by atoms with Crippen LogP contribution < -0.4 is 5.50 Å². The lowest BCUT2D eigenvalue weighted by molar-refractivity contribution is -0.157. The smallest absolute Gasteiger partial charge is 0.389 e. The van der Waals surface area contributed by atoms with Crippen LogP contribution in [0.4, 0.5) is 0 Å². The molecular formula is C15H30N3O5P. The minimum atomic E-state index is -3.38. The molecule has 1 atom stereocenters. The molecule has 24 heavy (non-hydrogen) atoms. The average Bonchev–Trinajstić information content (AvgIpc) is 2.45. The third kappa shape index (κ3) is 6.18. The first-order valence-electron chi connectivity index (χ1n) is 7.98. The number of amides is 1. The summed E-state index contributed by atoms with van der Waals surface area (Å²) in [5.41, 5.74) is 3.83. The Morgan fingerprint density at radius 1 is 1.29 bits per heavy atom. The van der Waals surface area contributed by atoms with Crippen molar-refractivity contribution in [2.45, 2.75) is 45.3 Å². The summed E-state index contributed by atoms with van der Waals surface area (Å²) in [6.07, 6.45) is 1.50. The zero-order chi connectivity index (χ0) is 18.6. The van der Waals surface area contributed by atoms with Crippen molar-refractivity contribution in [2.24, 2.45) is 5.50 Å². The lowest BCUT2D eigenvalue weighted by Gasteiger charge is -2.39. The van der Waals surface area contributed by atoms with E-state index in [9.17, 15) is 14.5 Å². The van der Waals surface area contributed by atoms with Gasteiger partial charge in [0.05, 0.1) is 18.5 Å². The number of hydrogen-bond donors (Lipinski definition) is 2. The summed E-state index contributed by atoms with van der Waals surface area (Å²) in [4.78, 5) is 14.3. The van der Waals surface area contributed by atoms with E-state index in [2.05, 4.69) is 6.58 Å². The van der Waals surface area contributed by atoms with E-state index >= 15 is 0 Å². The molecule has 1 heterocycles. The third-order valence-corrected chi connectivity index (χ3v) is 5.49. The topological polar surface area (TPSA) is 105 Å². The van der Waals surface area contributed by atoms with Crippen molar-refractivity contribution in [3.63, 3.8) is 0 Å². The van der Waals surface area contributed by atoms with Gasteiger partial charge in [-0.3, -0.25) is 4.79 Å². The Morgan fingerprint density at radius 3 is 2.29 bits per heavy atom. The number of ether oxygens (including phenoxy) is 1. The largest absolute Gasteiger partial charge is 0.431 e. The molecule has 1 aliphatic rings. The number of piperazine rings is 1. The lowest BCUT2D eigenvalue weighted by Crippen LogP contribution is -2.54. The maximum atomic E-state index is 12.6. The maximum absolute atomic E-state index is 12.6. The van der Waals surface area contributed by atoms with Crippen LogP contribution in [0.1, 0.15) is 34.1 Å². The van der Waals surface area contributed by atoms with E-state index < -0.39 is 18.9 Å². The van der Waals surface area contributed by atoms with Crippen LogP contribution >= 0.6 is 7.67 Å². The fourth-order valence-electron chi connectivity index (χ4n) is 2.35. The van der Waals surface area contributed by atoms with Crippen LogP contribution in [0.15, 0.2) is 12.8 Å². The highest BCUT2D eigenvalue weighted by atomic mass is 31.2. The fourth-order valence-corrected chi connectivity index (χ4v) is 3.43. The van der Waals surface area contributed by atoms with Crippen LogP contribution in [0, 0.1) is 0 Å². The van der Waals surface area contributed by atoms with Crippen LogP contribution in [0.25, 0.3) is 0 Å². The first-order valence-corrected chi connectivity index (χ1v) is 9.63. The molecule has 0 bridgehead atoms. The molecule has 1 fully saturated rings. The van der Waals surface area contributed by atoms with Crippen molar-refractivity contribution in [3.8, 4) is 0 Å².